The number of nitrogens with one attached hydrogen (secondary N) is 2. The van der Waals surface area contributed by atoms with Crippen molar-refractivity contribution in [2.45, 2.75) is 31.2 Å². The molecule has 0 aliphatic carbocycles. The molecule has 0 bridgehead atoms. The molecule has 0 spiro atoms. The third-order valence-electron chi connectivity index (χ3n) is 3.59. The summed E-state index contributed by atoms with van der Waals surface area (Å²) in [5, 5.41) is 3.25. The fourth-order valence-corrected chi connectivity index (χ4v) is 3.72. The molecule has 0 radical (unpaired) electrons. The van der Waals surface area contributed by atoms with Crippen LogP contribution >= 0.6 is 0 Å². The van der Waals surface area contributed by atoms with Crippen LogP contribution in [0, 0.1) is 5.92 Å². The predicted octanol–water partition coefficient (Wildman–Crippen LogP) is 1.50. The molecule has 6 heteroatoms. The second-order valence-corrected chi connectivity index (χ2v) is 7.10. The fourth-order valence-electron chi connectivity index (χ4n) is 2.36. The molecule has 118 valence electrons. The first kappa shape index (κ1) is 16.4. The molecule has 1 unspecified atom stereocenters. The SMILES string of the molecule is CCCNCc1ccccc1S(=O)(=O)NCC1CCOC1. The van der Waals surface area contributed by atoms with Gasteiger partial charge in [-0.15, -0.1) is 0 Å². The van der Waals surface area contributed by atoms with Crippen LogP contribution in [0.15, 0.2) is 29.2 Å². The summed E-state index contributed by atoms with van der Waals surface area (Å²) >= 11 is 0. The van der Waals surface area contributed by atoms with Gasteiger partial charge in [0.05, 0.1) is 11.5 Å². The molecule has 0 saturated carbocycles. The molecule has 0 amide bonds. The summed E-state index contributed by atoms with van der Waals surface area (Å²) in [6.07, 6.45) is 1.94. The van der Waals surface area contributed by atoms with Crippen molar-refractivity contribution in [3.8, 4) is 0 Å². The normalized spacial score (nSPS) is 19.0. The standard InChI is InChI=1S/C15H24N2O3S/c1-2-8-16-11-14-5-3-4-6-15(14)21(18,19)17-10-13-7-9-20-12-13/h3-6,13,16-17H,2,7-12H2,1H3. The first-order chi connectivity index (χ1) is 10.1. The van der Waals surface area contributed by atoms with Gasteiger partial charge >= 0.3 is 0 Å². The number of hydrogen-bond donors (Lipinski definition) is 2. The number of ether oxygens (including phenoxy) is 1. The average Bonchev–Trinajstić information content (AvgIpc) is 2.99. The summed E-state index contributed by atoms with van der Waals surface area (Å²) in [7, 11) is -3.46. The Morgan fingerprint density at radius 3 is 2.86 bits per heavy atom. The van der Waals surface area contributed by atoms with Gasteiger partial charge in [-0.3, -0.25) is 0 Å². The van der Waals surface area contributed by atoms with E-state index < -0.39 is 10.0 Å². The Labute approximate surface area is 127 Å². The van der Waals surface area contributed by atoms with Crippen molar-refractivity contribution in [3.05, 3.63) is 29.8 Å². The minimum absolute atomic E-state index is 0.283. The summed E-state index contributed by atoms with van der Waals surface area (Å²) in [5.41, 5.74) is 0.807. The van der Waals surface area contributed by atoms with E-state index in [0.29, 0.717) is 24.6 Å². The molecule has 1 heterocycles. The van der Waals surface area contributed by atoms with Gasteiger partial charge in [-0.05, 0) is 36.9 Å². The van der Waals surface area contributed by atoms with Gasteiger partial charge in [0.2, 0.25) is 10.0 Å². The molecular formula is C15H24N2O3S. The second kappa shape index (κ2) is 7.89. The Balaban J connectivity index is 2.03. The highest BCUT2D eigenvalue weighted by Crippen LogP contribution is 2.17. The van der Waals surface area contributed by atoms with Crippen LogP contribution in [0.2, 0.25) is 0 Å². The van der Waals surface area contributed by atoms with E-state index in [1.54, 1.807) is 12.1 Å². The van der Waals surface area contributed by atoms with E-state index in [-0.39, 0.29) is 5.92 Å². The molecule has 2 rings (SSSR count). The van der Waals surface area contributed by atoms with Crippen LogP contribution in [0.3, 0.4) is 0 Å². The van der Waals surface area contributed by atoms with E-state index >= 15 is 0 Å². The molecule has 1 aliphatic rings. The molecule has 1 fully saturated rings. The van der Waals surface area contributed by atoms with E-state index in [4.69, 9.17) is 4.74 Å². The minimum atomic E-state index is -3.46. The van der Waals surface area contributed by atoms with Crippen LogP contribution < -0.4 is 10.0 Å². The van der Waals surface area contributed by atoms with Gasteiger partial charge in [-0.1, -0.05) is 25.1 Å². The van der Waals surface area contributed by atoms with E-state index in [1.165, 1.54) is 0 Å². The summed E-state index contributed by atoms with van der Waals surface area (Å²) in [6, 6.07) is 7.15. The van der Waals surface area contributed by atoms with E-state index in [2.05, 4.69) is 17.0 Å². The highest BCUT2D eigenvalue weighted by atomic mass is 32.2. The maximum Gasteiger partial charge on any atom is 0.240 e. The van der Waals surface area contributed by atoms with Gasteiger partial charge in [-0.2, -0.15) is 0 Å². The van der Waals surface area contributed by atoms with Crippen LogP contribution in [0.5, 0.6) is 0 Å². The van der Waals surface area contributed by atoms with E-state index in [1.807, 2.05) is 12.1 Å². The molecule has 1 aromatic carbocycles. The minimum Gasteiger partial charge on any atom is -0.381 e. The first-order valence-corrected chi connectivity index (χ1v) is 8.98. The summed E-state index contributed by atoms with van der Waals surface area (Å²) in [4.78, 5) is 0.368. The Morgan fingerprint density at radius 2 is 2.14 bits per heavy atom. The topological polar surface area (TPSA) is 67.4 Å². The predicted molar refractivity (Wildman–Crippen MR) is 82.6 cm³/mol. The molecule has 2 N–H and O–H groups in total. The van der Waals surface area contributed by atoms with Crippen LogP contribution in [-0.4, -0.2) is 34.7 Å². The largest absolute Gasteiger partial charge is 0.381 e. The molecular weight excluding hydrogens is 288 g/mol. The highest BCUT2D eigenvalue weighted by molar-refractivity contribution is 7.89. The number of benzene rings is 1. The molecule has 21 heavy (non-hydrogen) atoms. The van der Waals surface area contributed by atoms with Gasteiger partial charge in [0.25, 0.3) is 0 Å². The third kappa shape index (κ3) is 4.78. The Bertz CT molecular complexity index is 540. The summed E-state index contributed by atoms with van der Waals surface area (Å²) in [6.45, 7) is 5.34. The Kier molecular flexibility index (Phi) is 6.17. The van der Waals surface area contributed by atoms with Gasteiger partial charge in [0.15, 0.2) is 0 Å². The quantitative estimate of drug-likeness (QED) is 0.714. The van der Waals surface area contributed by atoms with Crippen molar-refractivity contribution in [3.63, 3.8) is 0 Å². The summed E-state index contributed by atoms with van der Waals surface area (Å²) in [5.74, 6) is 0.283. The smallest absolute Gasteiger partial charge is 0.240 e. The summed E-state index contributed by atoms with van der Waals surface area (Å²) < 4.78 is 32.9. The molecule has 1 aliphatic heterocycles. The van der Waals surface area contributed by atoms with Crippen LogP contribution in [0.4, 0.5) is 0 Å². The van der Waals surface area contributed by atoms with Crippen molar-refractivity contribution in [2.24, 2.45) is 5.92 Å². The van der Waals surface area contributed by atoms with Crippen LogP contribution in [-0.2, 0) is 21.3 Å². The van der Waals surface area contributed by atoms with Gasteiger partial charge < -0.3 is 10.1 Å². The van der Waals surface area contributed by atoms with Gasteiger partial charge in [0.1, 0.15) is 0 Å². The molecule has 1 saturated heterocycles. The van der Waals surface area contributed by atoms with Crippen molar-refractivity contribution in [2.75, 3.05) is 26.3 Å². The number of hydrogen-bond acceptors (Lipinski definition) is 4. The number of rotatable bonds is 8. The second-order valence-electron chi connectivity index (χ2n) is 5.37. The van der Waals surface area contributed by atoms with Gasteiger partial charge in [-0.25, -0.2) is 13.1 Å². The van der Waals surface area contributed by atoms with E-state index in [9.17, 15) is 8.42 Å². The lowest BCUT2D eigenvalue weighted by molar-refractivity contribution is 0.186. The lowest BCUT2D eigenvalue weighted by Crippen LogP contribution is -2.30. The maximum atomic E-state index is 12.5. The molecule has 5 nitrogen and oxygen atoms in total. The molecule has 1 aromatic rings. The zero-order valence-corrected chi connectivity index (χ0v) is 13.3. The van der Waals surface area contributed by atoms with Crippen LogP contribution in [0.1, 0.15) is 25.3 Å². The first-order valence-electron chi connectivity index (χ1n) is 7.49. The zero-order chi connectivity index (χ0) is 15.1. The van der Waals surface area contributed by atoms with Crippen molar-refractivity contribution < 1.29 is 13.2 Å². The van der Waals surface area contributed by atoms with Crippen molar-refractivity contribution in [1.82, 2.24) is 10.0 Å². The fraction of sp³-hybridized carbons (Fsp3) is 0.600. The third-order valence-corrected chi connectivity index (χ3v) is 5.11. The van der Waals surface area contributed by atoms with E-state index in [0.717, 1.165) is 31.6 Å². The number of sulfonamides is 1. The monoisotopic (exact) mass is 312 g/mol. The Hall–Kier alpha value is -0.950. The van der Waals surface area contributed by atoms with Crippen molar-refractivity contribution >= 4 is 10.0 Å². The lowest BCUT2D eigenvalue weighted by atomic mass is 10.1. The lowest BCUT2D eigenvalue weighted by Gasteiger charge is -2.14. The average molecular weight is 312 g/mol. The zero-order valence-electron chi connectivity index (χ0n) is 12.5. The molecule has 1 atom stereocenters. The van der Waals surface area contributed by atoms with Crippen molar-refractivity contribution in [1.29, 1.82) is 0 Å². The maximum absolute atomic E-state index is 12.5. The van der Waals surface area contributed by atoms with Gasteiger partial charge in [0, 0.05) is 19.7 Å². The molecule has 0 aromatic heterocycles. The van der Waals surface area contributed by atoms with Crippen LogP contribution in [0.25, 0.3) is 0 Å². The highest BCUT2D eigenvalue weighted by Gasteiger charge is 2.21. The Morgan fingerprint density at radius 1 is 1.33 bits per heavy atom.